The molecule has 1 heterocycles. The largest absolute Gasteiger partial charge is 0.368 e. The van der Waals surface area contributed by atoms with Crippen LogP contribution in [0.3, 0.4) is 0 Å². The lowest BCUT2D eigenvalue weighted by molar-refractivity contribution is 0.538. The van der Waals surface area contributed by atoms with E-state index in [0.717, 1.165) is 17.2 Å². The van der Waals surface area contributed by atoms with Gasteiger partial charge in [0.1, 0.15) is 6.33 Å². The summed E-state index contributed by atoms with van der Waals surface area (Å²) in [6.45, 7) is 3.21. The van der Waals surface area contributed by atoms with Gasteiger partial charge in [-0.25, -0.2) is 9.67 Å². The van der Waals surface area contributed by atoms with Gasteiger partial charge >= 0.3 is 10.2 Å². The first-order valence-electron chi connectivity index (χ1n) is 2.52. The average molecular weight is 177 g/mol. The van der Waals surface area contributed by atoms with Gasteiger partial charge in [-0.3, -0.25) is 0 Å². The van der Waals surface area contributed by atoms with E-state index in [2.05, 4.69) is 16.7 Å². The van der Waals surface area contributed by atoms with Crippen molar-refractivity contribution in [2.45, 2.75) is 5.16 Å². The Bertz CT molecular complexity index is 368. The van der Waals surface area contributed by atoms with Gasteiger partial charge in [0, 0.05) is 6.20 Å². The van der Waals surface area contributed by atoms with E-state index in [1.165, 1.54) is 0 Å². The van der Waals surface area contributed by atoms with Crippen LogP contribution in [0.15, 0.2) is 18.1 Å². The molecule has 60 valence electrons. The molecule has 0 aliphatic carbocycles. The molecule has 1 aromatic heterocycles. The summed E-state index contributed by atoms with van der Waals surface area (Å²) in [7, 11) is -4.78. The van der Waals surface area contributed by atoms with Gasteiger partial charge in [0.25, 0.3) is 5.16 Å². The molecule has 0 spiro atoms. The molecule has 0 N–H and O–H groups in total. The number of aromatic nitrogens is 3. The molecule has 7 heteroatoms. The fraction of sp³-hybridized carbons (Fsp3) is 0. The molecule has 0 fully saturated rings. The summed E-state index contributed by atoms with van der Waals surface area (Å²) >= 11 is 0. The zero-order valence-electron chi connectivity index (χ0n) is 5.31. The topological polar surface area (TPSA) is 64.8 Å². The number of halogens is 1. The van der Waals surface area contributed by atoms with Crippen LogP contribution in [0.4, 0.5) is 3.89 Å². The molecular formula is C4H4FN3O2S. The van der Waals surface area contributed by atoms with Gasteiger partial charge < -0.3 is 0 Å². The van der Waals surface area contributed by atoms with Crippen LogP contribution in [0, 0.1) is 0 Å². The second-order valence-corrected chi connectivity index (χ2v) is 2.85. The number of rotatable bonds is 2. The minimum atomic E-state index is -4.78. The molecule has 0 unspecified atom stereocenters. The number of nitrogens with zero attached hydrogens (tertiary/aromatic N) is 3. The highest BCUT2D eigenvalue weighted by Crippen LogP contribution is 2.06. The molecule has 11 heavy (non-hydrogen) atoms. The molecule has 5 nitrogen and oxygen atoms in total. The van der Waals surface area contributed by atoms with Crippen LogP contribution >= 0.6 is 0 Å². The Morgan fingerprint density at radius 1 is 1.73 bits per heavy atom. The quantitative estimate of drug-likeness (QED) is 0.598. The lowest BCUT2D eigenvalue weighted by Crippen LogP contribution is -2.02. The molecule has 0 aliphatic rings. The predicted octanol–water partition coefficient (Wildman–Crippen LogP) is 0.0368. The average Bonchev–Trinajstić information content (AvgIpc) is 2.31. The van der Waals surface area contributed by atoms with E-state index in [1.807, 2.05) is 0 Å². The Morgan fingerprint density at radius 2 is 2.36 bits per heavy atom. The number of hydrogen-bond donors (Lipinski definition) is 0. The second kappa shape index (κ2) is 2.42. The summed E-state index contributed by atoms with van der Waals surface area (Å²) in [5, 5.41) is 2.61. The van der Waals surface area contributed by atoms with Crippen molar-refractivity contribution in [2.75, 3.05) is 0 Å². The third-order valence-electron chi connectivity index (χ3n) is 0.931. The maximum Gasteiger partial charge on any atom is 0.368 e. The first-order chi connectivity index (χ1) is 5.05. The van der Waals surface area contributed by atoms with Crippen molar-refractivity contribution in [3.05, 3.63) is 12.9 Å². The fourth-order valence-electron chi connectivity index (χ4n) is 0.539. The standard InChI is InChI=1S/C4H4FN3O2S/c1-2-8-4(6-3-7-8)11(5,9)10/h2-3H,1H2. The Hall–Kier alpha value is -1.24. The van der Waals surface area contributed by atoms with Crippen LogP contribution in [-0.2, 0) is 10.2 Å². The minimum absolute atomic E-state index is 0.731. The summed E-state index contributed by atoms with van der Waals surface area (Å²) in [5.41, 5.74) is 0. The monoisotopic (exact) mass is 177 g/mol. The normalized spacial score (nSPS) is 11.4. The van der Waals surface area contributed by atoms with Crippen LogP contribution in [-0.4, -0.2) is 23.2 Å². The molecule has 0 radical (unpaired) electrons. The van der Waals surface area contributed by atoms with E-state index in [1.54, 1.807) is 0 Å². The summed E-state index contributed by atoms with van der Waals surface area (Å²) in [6, 6.07) is 0. The molecule has 0 aromatic carbocycles. The zero-order valence-corrected chi connectivity index (χ0v) is 6.12. The van der Waals surface area contributed by atoms with E-state index in [9.17, 15) is 12.3 Å². The van der Waals surface area contributed by atoms with Crippen LogP contribution in [0.5, 0.6) is 0 Å². The van der Waals surface area contributed by atoms with Crippen LogP contribution in [0.1, 0.15) is 0 Å². The fourth-order valence-corrected chi connectivity index (χ4v) is 1.06. The van der Waals surface area contributed by atoms with Gasteiger partial charge in [-0.05, 0) is 0 Å². The van der Waals surface area contributed by atoms with Gasteiger partial charge in [-0.2, -0.15) is 13.5 Å². The molecule has 0 saturated heterocycles. The predicted molar refractivity (Wildman–Crippen MR) is 34.7 cm³/mol. The van der Waals surface area contributed by atoms with Crippen LogP contribution < -0.4 is 0 Å². The van der Waals surface area contributed by atoms with E-state index >= 15 is 0 Å². The molecule has 0 atom stereocenters. The van der Waals surface area contributed by atoms with Crippen molar-refractivity contribution in [1.29, 1.82) is 0 Å². The van der Waals surface area contributed by atoms with Crippen molar-refractivity contribution < 1.29 is 12.3 Å². The number of hydrogen-bond acceptors (Lipinski definition) is 4. The molecule has 1 aromatic rings. The van der Waals surface area contributed by atoms with Gasteiger partial charge in [-0.1, -0.05) is 10.5 Å². The Balaban J connectivity index is 3.35. The van der Waals surface area contributed by atoms with Crippen molar-refractivity contribution in [3.8, 4) is 0 Å². The Labute approximate surface area is 62.4 Å². The molecule has 0 bridgehead atoms. The van der Waals surface area contributed by atoms with Gasteiger partial charge in [0.2, 0.25) is 0 Å². The molecule has 1 rings (SSSR count). The Morgan fingerprint density at radius 3 is 2.73 bits per heavy atom. The first kappa shape index (κ1) is 7.86. The summed E-state index contributed by atoms with van der Waals surface area (Å²) < 4.78 is 33.4. The lowest BCUT2D eigenvalue weighted by Gasteiger charge is -1.91. The maximum absolute atomic E-state index is 12.2. The van der Waals surface area contributed by atoms with Gasteiger partial charge in [-0.15, -0.1) is 0 Å². The summed E-state index contributed by atoms with van der Waals surface area (Å²) in [6.07, 6.45) is 1.97. The third-order valence-corrected chi connectivity index (χ3v) is 1.66. The highest BCUT2D eigenvalue weighted by molar-refractivity contribution is 7.86. The molecule has 0 saturated carbocycles. The van der Waals surface area contributed by atoms with E-state index in [0.29, 0.717) is 0 Å². The summed E-state index contributed by atoms with van der Waals surface area (Å²) in [4.78, 5) is 3.18. The highest BCUT2D eigenvalue weighted by Gasteiger charge is 2.18. The van der Waals surface area contributed by atoms with Gasteiger partial charge in [0.15, 0.2) is 0 Å². The van der Waals surface area contributed by atoms with E-state index in [-0.39, 0.29) is 0 Å². The van der Waals surface area contributed by atoms with Crippen molar-refractivity contribution in [2.24, 2.45) is 0 Å². The smallest absolute Gasteiger partial charge is 0.209 e. The zero-order chi connectivity index (χ0) is 8.48. The molecule has 0 aliphatic heterocycles. The van der Waals surface area contributed by atoms with Crippen molar-refractivity contribution >= 4 is 16.4 Å². The minimum Gasteiger partial charge on any atom is -0.209 e. The SMILES string of the molecule is C=Cn1ncnc1S(=O)(=O)F. The first-order valence-corrected chi connectivity index (χ1v) is 3.91. The highest BCUT2D eigenvalue weighted by atomic mass is 32.3. The van der Waals surface area contributed by atoms with Crippen LogP contribution in [0.2, 0.25) is 0 Å². The Kier molecular flexibility index (Phi) is 1.73. The maximum atomic E-state index is 12.2. The molecule has 0 amide bonds. The lowest BCUT2D eigenvalue weighted by atomic mass is 11.0. The van der Waals surface area contributed by atoms with Crippen LogP contribution in [0.25, 0.3) is 6.20 Å². The third kappa shape index (κ3) is 1.43. The summed E-state index contributed by atoms with van der Waals surface area (Å²) in [5.74, 6) is 0. The van der Waals surface area contributed by atoms with Gasteiger partial charge in [0.05, 0.1) is 0 Å². The van der Waals surface area contributed by atoms with E-state index in [4.69, 9.17) is 0 Å². The van der Waals surface area contributed by atoms with Crippen molar-refractivity contribution in [3.63, 3.8) is 0 Å². The second-order valence-electron chi connectivity index (χ2n) is 1.61. The van der Waals surface area contributed by atoms with E-state index < -0.39 is 15.4 Å². The van der Waals surface area contributed by atoms with Crippen molar-refractivity contribution in [1.82, 2.24) is 14.8 Å². The molecular weight excluding hydrogens is 173 g/mol.